The van der Waals surface area contributed by atoms with Crippen molar-refractivity contribution in [1.29, 1.82) is 0 Å². The minimum atomic E-state index is -0.286. The molecule has 0 saturated carbocycles. The predicted molar refractivity (Wildman–Crippen MR) is 112 cm³/mol. The number of nitrogens with one attached hydrogen (secondary N) is 1. The molecule has 144 valence electrons. The van der Waals surface area contributed by atoms with E-state index < -0.39 is 0 Å². The van der Waals surface area contributed by atoms with Crippen molar-refractivity contribution < 1.29 is 14.3 Å². The molecule has 0 aromatic heterocycles. The Morgan fingerprint density at radius 2 is 1.82 bits per heavy atom. The zero-order chi connectivity index (χ0) is 19.9. The summed E-state index contributed by atoms with van der Waals surface area (Å²) in [4.78, 5) is 12.3. The first-order valence-electron chi connectivity index (χ1n) is 9.33. The third-order valence-corrected chi connectivity index (χ3v) is 4.08. The van der Waals surface area contributed by atoms with Crippen LogP contribution in [0.5, 0.6) is 11.5 Å². The molecule has 0 unspecified atom stereocenters. The van der Waals surface area contributed by atoms with Crippen molar-refractivity contribution in [2.24, 2.45) is 5.10 Å². The lowest BCUT2D eigenvalue weighted by atomic mass is 10.0. The third kappa shape index (κ3) is 4.68. The van der Waals surface area contributed by atoms with Crippen molar-refractivity contribution in [3.8, 4) is 11.5 Å². The van der Waals surface area contributed by atoms with Crippen molar-refractivity contribution in [1.82, 2.24) is 5.43 Å². The van der Waals surface area contributed by atoms with E-state index >= 15 is 0 Å². The second-order valence-corrected chi connectivity index (χ2v) is 6.52. The number of amides is 1. The van der Waals surface area contributed by atoms with Gasteiger partial charge in [0.05, 0.1) is 18.9 Å². The summed E-state index contributed by atoms with van der Waals surface area (Å²) in [7, 11) is 0. The van der Waals surface area contributed by atoms with Crippen molar-refractivity contribution in [2.75, 3.05) is 6.61 Å². The highest BCUT2D eigenvalue weighted by Crippen LogP contribution is 2.27. The standard InChI is InChI=1S/C23H24N2O3/c1-4-27-19-12-9-18(10-13-19)23(26)25-24-15-21-20-8-6-5-7-17(20)11-14-22(21)28-16(2)3/h5-16H,4H2,1-3H3,(H,25,26)/b24-15+. The molecule has 1 amide bonds. The summed E-state index contributed by atoms with van der Waals surface area (Å²) in [5.74, 6) is 1.17. The van der Waals surface area contributed by atoms with Crippen LogP contribution in [-0.4, -0.2) is 24.8 Å². The van der Waals surface area contributed by atoms with Gasteiger partial charge in [0, 0.05) is 11.1 Å². The van der Waals surface area contributed by atoms with Gasteiger partial charge in [0.15, 0.2) is 0 Å². The van der Waals surface area contributed by atoms with Crippen LogP contribution in [0.1, 0.15) is 36.7 Å². The summed E-state index contributed by atoms with van der Waals surface area (Å²) in [6, 6.07) is 18.9. The Hall–Kier alpha value is -3.34. The Bertz CT molecular complexity index is 979. The highest BCUT2D eigenvalue weighted by Gasteiger charge is 2.09. The fraction of sp³-hybridized carbons (Fsp3) is 0.217. The molecule has 0 radical (unpaired) electrons. The molecule has 5 heteroatoms. The molecular weight excluding hydrogens is 352 g/mol. The Kier molecular flexibility index (Phi) is 6.27. The van der Waals surface area contributed by atoms with Gasteiger partial charge in [-0.05, 0) is 61.9 Å². The van der Waals surface area contributed by atoms with Crippen LogP contribution in [0.15, 0.2) is 65.8 Å². The quantitative estimate of drug-likeness (QED) is 0.476. The lowest BCUT2D eigenvalue weighted by Crippen LogP contribution is -2.17. The highest BCUT2D eigenvalue weighted by atomic mass is 16.5. The summed E-state index contributed by atoms with van der Waals surface area (Å²) in [5, 5.41) is 6.25. The van der Waals surface area contributed by atoms with Gasteiger partial charge >= 0.3 is 0 Å². The molecule has 0 aliphatic carbocycles. The number of hydrazone groups is 1. The number of ether oxygens (including phenoxy) is 2. The SMILES string of the molecule is CCOc1ccc(C(=O)N/N=C/c2c(OC(C)C)ccc3ccccc23)cc1. The van der Waals surface area contributed by atoms with E-state index in [1.54, 1.807) is 30.5 Å². The van der Waals surface area contributed by atoms with Crippen LogP contribution in [-0.2, 0) is 0 Å². The Morgan fingerprint density at radius 1 is 1.07 bits per heavy atom. The van der Waals surface area contributed by atoms with E-state index in [2.05, 4.69) is 10.5 Å². The molecule has 0 fully saturated rings. The topological polar surface area (TPSA) is 59.9 Å². The molecule has 0 aliphatic heterocycles. The van der Waals surface area contributed by atoms with Crippen LogP contribution in [0.2, 0.25) is 0 Å². The molecule has 0 atom stereocenters. The summed E-state index contributed by atoms with van der Waals surface area (Å²) in [6.07, 6.45) is 1.67. The van der Waals surface area contributed by atoms with Gasteiger partial charge in [-0.15, -0.1) is 0 Å². The molecule has 3 aromatic rings. The zero-order valence-corrected chi connectivity index (χ0v) is 16.3. The molecule has 0 heterocycles. The van der Waals surface area contributed by atoms with E-state index in [9.17, 15) is 4.79 Å². The van der Waals surface area contributed by atoms with Crippen LogP contribution < -0.4 is 14.9 Å². The minimum absolute atomic E-state index is 0.0340. The van der Waals surface area contributed by atoms with Crippen molar-refractivity contribution in [3.05, 3.63) is 71.8 Å². The number of carbonyl (C=O) groups excluding carboxylic acids is 1. The largest absolute Gasteiger partial charge is 0.494 e. The summed E-state index contributed by atoms with van der Waals surface area (Å²) in [6.45, 7) is 6.45. The smallest absolute Gasteiger partial charge is 0.271 e. The average Bonchev–Trinajstić information content (AvgIpc) is 2.69. The second kappa shape index (κ2) is 9.04. The van der Waals surface area contributed by atoms with Gasteiger partial charge in [-0.2, -0.15) is 5.10 Å². The number of fused-ring (bicyclic) bond motifs is 1. The lowest BCUT2D eigenvalue weighted by molar-refractivity contribution is 0.0955. The molecule has 1 N–H and O–H groups in total. The summed E-state index contributed by atoms with van der Waals surface area (Å²) in [5.41, 5.74) is 3.92. The number of benzene rings is 3. The van der Waals surface area contributed by atoms with Gasteiger partial charge in [-0.3, -0.25) is 4.79 Å². The molecule has 0 bridgehead atoms. The first kappa shape index (κ1) is 19.4. The maximum atomic E-state index is 12.3. The molecule has 0 aliphatic rings. The van der Waals surface area contributed by atoms with Gasteiger partial charge in [0.25, 0.3) is 5.91 Å². The molecule has 0 spiro atoms. The fourth-order valence-electron chi connectivity index (χ4n) is 2.85. The second-order valence-electron chi connectivity index (χ2n) is 6.52. The minimum Gasteiger partial charge on any atom is -0.494 e. The van der Waals surface area contributed by atoms with Gasteiger partial charge in [0.1, 0.15) is 11.5 Å². The third-order valence-electron chi connectivity index (χ3n) is 4.08. The molecular formula is C23H24N2O3. The number of rotatable bonds is 7. The highest BCUT2D eigenvalue weighted by molar-refractivity contribution is 6.03. The van der Waals surface area contributed by atoms with Gasteiger partial charge in [0.2, 0.25) is 0 Å². The monoisotopic (exact) mass is 376 g/mol. The van der Waals surface area contributed by atoms with E-state index in [1.807, 2.05) is 57.2 Å². The van der Waals surface area contributed by atoms with Crippen LogP contribution in [0, 0.1) is 0 Å². The zero-order valence-electron chi connectivity index (χ0n) is 16.3. The van der Waals surface area contributed by atoms with E-state index in [-0.39, 0.29) is 12.0 Å². The number of carbonyl (C=O) groups is 1. The van der Waals surface area contributed by atoms with Gasteiger partial charge in [-0.25, -0.2) is 5.43 Å². The van der Waals surface area contributed by atoms with Crippen LogP contribution in [0.25, 0.3) is 10.8 Å². The number of hydrogen-bond donors (Lipinski definition) is 1. The number of nitrogens with zero attached hydrogens (tertiary/aromatic N) is 1. The van der Waals surface area contributed by atoms with Crippen molar-refractivity contribution in [2.45, 2.75) is 26.9 Å². The molecule has 28 heavy (non-hydrogen) atoms. The normalized spacial score (nSPS) is 11.1. The van der Waals surface area contributed by atoms with Crippen LogP contribution in [0.3, 0.4) is 0 Å². The van der Waals surface area contributed by atoms with E-state index in [1.165, 1.54) is 0 Å². The maximum Gasteiger partial charge on any atom is 0.271 e. The Morgan fingerprint density at radius 3 is 2.54 bits per heavy atom. The fourth-order valence-corrected chi connectivity index (χ4v) is 2.85. The molecule has 5 nitrogen and oxygen atoms in total. The first-order valence-corrected chi connectivity index (χ1v) is 9.33. The van der Waals surface area contributed by atoms with Gasteiger partial charge in [-0.1, -0.05) is 30.3 Å². The van der Waals surface area contributed by atoms with E-state index in [0.717, 1.165) is 27.8 Å². The average molecular weight is 376 g/mol. The number of hydrogen-bond acceptors (Lipinski definition) is 4. The summed E-state index contributed by atoms with van der Waals surface area (Å²) < 4.78 is 11.3. The van der Waals surface area contributed by atoms with E-state index in [4.69, 9.17) is 9.47 Å². The Labute approximate surface area is 165 Å². The van der Waals surface area contributed by atoms with Crippen LogP contribution in [0.4, 0.5) is 0 Å². The molecule has 3 rings (SSSR count). The van der Waals surface area contributed by atoms with Crippen LogP contribution >= 0.6 is 0 Å². The van der Waals surface area contributed by atoms with Crippen molar-refractivity contribution in [3.63, 3.8) is 0 Å². The maximum absolute atomic E-state index is 12.3. The van der Waals surface area contributed by atoms with E-state index in [0.29, 0.717) is 12.2 Å². The molecule has 3 aromatic carbocycles. The Balaban J connectivity index is 1.81. The first-order chi connectivity index (χ1) is 13.6. The predicted octanol–water partition coefficient (Wildman–Crippen LogP) is 4.79. The lowest BCUT2D eigenvalue weighted by Gasteiger charge is -2.14. The summed E-state index contributed by atoms with van der Waals surface area (Å²) >= 11 is 0. The van der Waals surface area contributed by atoms with Gasteiger partial charge < -0.3 is 9.47 Å². The molecule has 0 saturated heterocycles. The van der Waals surface area contributed by atoms with Crippen molar-refractivity contribution >= 4 is 22.9 Å².